The zero-order valence-corrected chi connectivity index (χ0v) is 18.2. The monoisotopic (exact) mass is 420 g/mol. The molecule has 1 aromatic carbocycles. The number of rotatable bonds is 9. The summed E-state index contributed by atoms with van der Waals surface area (Å²) in [6.45, 7) is 7.74. The van der Waals surface area contributed by atoms with Crippen LogP contribution >= 0.6 is 11.8 Å². The van der Waals surface area contributed by atoms with Gasteiger partial charge in [0, 0.05) is 30.1 Å². The fourth-order valence-electron chi connectivity index (χ4n) is 3.49. The molecule has 2 N–H and O–H groups in total. The van der Waals surface area contributed by atoms with Crippen molar-refractivity contribution in [2.45, 2.75) is 36.5 Å². The maximum atomic E-state index is 12.6. The summed E-state index contributed by atoms with van der Waals surface area (Å²) in [6, 6.07) is 5.54. The Balaban J connectivity index is 1.51. The van der Waals surface area contributed by atoms with Crippen LogP contribution < -0.4 is 10.6 Å². The fraction of sp³-hybridized carbons (Fsp3) is 0.619. The van der Waals surface area contributed by atoms with Crippen LogP contribution in [0.5, 0.6) is 0 Å². The first kappa shape index (κ1) is 22.1. The van der Waals surface area contributed by atoms with E-state index in [1.807, 2.05) is 12.1 Å². The minimum Gasteiger partial charge on any atom is -0.379 e. The lowest BCUT2D eigenvalue weighted by molar-refractivity contribution is -0.119. The van der Waals surface area contributed by atoms with E-state index in [4.69, 9.17) is 4.74 Å². The third-order valence-corrected chi connectivity index (χ3v) is 6.58. The largest absolute Gasteiger partial charge is 0.379 e. The summed E-state index contributed by atoms with van der Waals surface area (Å²) in [5.74, 6) is -0.129. The molecule has 8 heteroatoms. The zero-order valence-electron chi connectivity index (χ0n) is 17.4. The summed E-state index contributed by atoms with van der Waals surface area (Å²) >= 11 is 1.54. The predicted molar refractivity (Wildman–Crippen MR) is 116 cm³/mol. The van der Waals surface area contributed by atoms with Crippen molar-refractivity contribution in [1.82, 2.24) is 15.1 Å². The van der Waals surface area contributed by atoms with E-state index < -0.39 is 0 Å². The van der Waals surface area contributed by atoms with Gasteiger partial charge in [-0.25, -0.2) is 0 Å². The lowest BCUT2D eigenvalue weighted by Gasteiger charge is -2.35. The van der Waals surface area contributed by atoms with Crippen LogP contribution in [0.2, 0.25) is 0 Å². The van der Waals surface area contributed by atoms with E-state index in [1.165, 1.54) is 12.8 Å². The Morgan fingerprint density at radius 1 is 1.31 bits per heavy atom. The second kappa shape index (κ2) is 11.0. The number of nitrogens with zero attached hydrogens (tertiary/aromatic N) is 2. The Morgan fingerprint density at radius 2 is 2.07 bits per heavy atom. The molecular formula is C21H32N4O3S. The van der Waals surface area contributed by atoms with E-state index in [2.05, 4.69) is 34.4 Å². The molecule has 29 heavy (non-hydrogen) atoms. The molecule has 1 atom stereocenters. The molecule has 0 bridgehead atoms. The van der Waals surface area contributed by atoms with E-state index in [0.29, 0.717) is 25.3 Å². The number of carbonyl (C=O) groups excluding carboxylic acids is 2. The molecule has 2 aliphatic rings. The highest BCUT2D eigenvalue weighted by molar-refractivity contribution is 8.00. The molecule has 1 fully saturated rings. The van der Waals surface area contributed by atoms with Gasteiger partial charge in [-0.3, -0.25) is 14.5 Å². The lowest BCUT2D eigenvalue weighted by atomic mass is 10.1. The SMILES string of the molecule is CCCCN(C)CCCNC(=O)c1ccc2c(c1)NC(=O)[C@@H](N1CCOCC1)S2. The van der Waals surface area contributed by atoms with E-state index in [1.54, 1.807) is 17.8 Å². The number of unbranched alkanes of at least 4 members (excludes halogenated alkanes) is 1. The molecule has 160 valence electrons. The van der Waals surface area contributed by atoms with E-state index in [-0.39, 0.29) is 17.2 Å². The van der Waals surface area contributed by atoms with Gasteiger partial charge in [0.15, 0.2) is 0 Å². The molecule has 1 saturated heterocycles. The minimum atomic E-state index is -0.240. The highest BCUT2D eigenvalue weighted by Crippen LogP contribution is 2.37. The van der Waals surface area contributed by atoms with Crippen molar-refractivity contribution < 1.29 is 14.3 Å². The summed E-state index contributed by atoms with van der Waals surface area (Å²) in [6.07, 6.45) is 3.32. The summed E-state index contributed by atoms with van der Waals surface area (Å²) in [7, 11) is 2.12. The Morgan fingerprint density at radius 3 is 2.83 bits per heavy atom. The highest BCUT2D eigenvalue weighted by atomic mass is 32.2. The van der Waals surface area contributed by atoms with Crippen molar-refractivity contribution in [3.8, 4) is 0 Å². The topological polar surface area (TPSA) is 73.9 Å². The van der Waals surface area contributed by atoms with Gasteiger partial charge in [-0.05, 0) is 51.2 Å². The number of hydrogen-bond acceptors (Lipinski definition) is 6. The summed E-state index contributed by atoms with van der Waals surface area (Å²) in [5, 5.41) is 5.72. The zero-order chi connectivity index (χ0) is 20.6. The number of amides is 2. The molecule has 7 nitrogen and oxygen atoms in total. The number of thioether (sulfide) groups is 1. The number of fused-ring (bicyclic) bond motifs is 1. The van der Waals surface area contributed by atoms with Gasteiger partial charge in [0.2, 0.25) is 0 Å². The third kappa shape index (κ3) is 6.18. The Labute approximate surface area is 177 Å². The van der Waals surface area contributed by atoms with Crippen LogP contribution in [0.1, 0.15) is 36.5 Å². The lowest BCUT2D eigenvalue weighted by Crippen LogP contribution is -2.48. The molecule has 2 amide bonds. The molecular weight excluding hydrogens is 388 g/mol. The first-order valence-corrected chi connectivity index (χ1v) is 11.4. The highest BCUT2D eigenvalue weighted by Gasteiger charge is 2.33. The molecule has 0 radical (unpaired) electrons. The third-order valence-electron chi connectivity index (χ3n) is 5.24. The molecule has 0 spiro atoms. The molecule has 1 aromatic rings. The first-order valence-electron chi connectivity index (χ1n) is 10.5. The predicted octanol–water partition coefficient (Wildman–Crippen LogP) is 2.24. The van der Waals surface area contributed by atoms with Gasteiger partial charge < -0.3 is 20.3 Å². The van der Waals surface area contributed by atoms with Gasteiger partial charge in [0.1, 0.15) is 5.37 Å². The van der Waals surface area contributed by atoms with Crippen molar-refractivity contribution >= 4 is 29.3 Å². The molecule has 0 aliphatic carbocycles. The molecule has 2 aliphatic heterocycles. The molecule has 0 saturated carbocycles. The second-order valence-electron chi connectivity index (χ2n) is 7.59. The fourth-order valence-corrected chi connectivity index (χ4v) is 4.63. The van der Waals surface area contributed by atoms with E-state index in [9.17, 15) is 9.59 Å². The van der Waals surface area contributed by atoms with Crippen LogP contribution in [0.15, 0.2) is 23.1 Å². The minimum absolute atomic E-state index is 0.0305. The van der Waals surface area contributed by atoms with Gasteiger partial charge in [-0.15, -0.1) is 0 Å². The van der Waals surface area contributed by atoms with Crippen molar-refractivity contribution in [3.05, 3.63) is 23.8 Å². The van der Waals surface area contributed by atoms with Crippen LogP contribution in [0.4, 0.5) is 5.69 Å². The smallest absolute Gasteiger partial charge is 0.252 e. The summed E-state index contributed by atoms with van der Waals surface area (Å²) < 4.78 is 5.38. The maximum Gasteiger partial charge on any atom is 0.252 e. The van der Waals surface area contributed by atoms with Gasteiger partial charge >= 0.3 is 0 Å². The number of anilines is 1. The average molecular weight is 421 g/mol. The van der Waals surface area contributed by atoms with Crippen LogP contribution in [0.25, 0.3) is 0 Å². The first-order chi connectivity index (χ1) is 14.1. The Kier molecular flexibility index (Phi) is 8.35. The average Bonchev–Trinajstić information content (AvgIpc) is 2.74. The van der Waals surface area contributed by atoms with E-state index >= 15 is 0 Å². The second-order valence-corrected chi connectivity index (χ2v) is 8.71. The van der Waals surface area contributed by atoms with Crippen molar-refractivity contribution in [2.24, 2.45) is 0 Å². The van der Waals surface area contributed by atoms with E-state index in [0.717, 1.165) is 43.2 Å². The van der Waals surface area contributed by atoms with Crippen LogP contribution in [-0.2, 0) is 9.53 Å². The number of benzene rings is 1. The van der Waals surface area contributed by atoms with Gasteiger partial charge in [-0.1, -0.05) is 25.1 Å². The Hall–Kier alpha value is -1.61. The number of ether oxygens (including phenoxy) is 1. The molecule has 0 aromatic heterocycles. The van der Waals surface area contributed by atoms with Crippen LogP contribution in [-0.4, -0.2) is 80.0 Å². The van der Waals surface area contributed by atoms with Crippen molar-refractivity contribution in [2.75, 3.05) is 58.3 Å². The van der Waals surface area contributed by atoms with Gasteiger partial charge in [0.05, 0.1) is 18.9 Å². The standard InChI is InChI=1S/C21H32N4O3S/c1-3-4-9-24(2)10-5-8-22-19(26)16-6-7-18-17(15-16)23-20(27)21(29-18)25-11-13-28-14-12-25/h6-7,15,21H,3-5,8-14H2,1-2H3,(H,22,26)(H,23,27)/t21-/m0/s1. The van der Waals surface area contributed by atoms with Crippen LogP contribution in [0, 0.1) is 0 Å². The number of carbonyl (C=O) groups is 2. The van der Waals surface area contributed by atoms with Gasteiger partial charge in [0.25, 0.3) is 11.8 Å². The maximum absolute atomic E-state index is 12.6. The van der Waals surface area contributed by atoms with Crippen LogP contribution in [0.3, 0.4) is 0 Å². The molecule has 3 rings (SSSR count). The van der Waals surface area contributed by atoms with Crippen molar-refractivity contribution in [3.63, 3.8) is 0 Å². The van der Waals surface area contributed by atoms with Crippen molar-refractivity contribution in [1.29, 1.82) is 0 Å². The summed E-state index contributed by atoms with van der Waals surface area (Å²) in [5.41, 5.74) is 1.30. The summed E-state index contributed by atoms with van der Waals surface area (Å²) in [4.78, 5) is 30.5. The quantitative estimate of drug-likeness (QED) is 0.597. The Bertz CT molecular complexity index is 709. The van der Waals surface area contributed by atoms with Gasteiger partial charge in [-0.2, -0.15) is 0 Å². The number of nitrogens with one attached hydrogen (secondary N) is 2. The normalized spacial score (nSPS) is 19.7. The molecule has 0 unspecified atom stereocenters. The molecule has 2 heterocycles. The number of morpholine rings is 1. The number of hydrogen-bond donors (Lipinski definition) is 2.